The van der Waals surface area contributed by atoms with Crippen molar-refractivity contribution in [3.05, 3.63) is 108 Å². The van der Waals surface area contributed by atoms with E-state index in [0.717, 1.165) is 27.8 Å². The summed E-state index contributed by atoms with van der Waals surface area (Å²) in [5.41, 5.74) is 5.13. The number of phenolic OH excluding ortho intramolecular Hbond substituents is 1. The molecule has 36 heavy (non-hydrogen) atoms. The molecule has 4 rings (SSSR count). The standard InChI is InChI=1S/C30H27NO5/c1-20-9-11-21(12-10-20)17-30(34)36-26-8-4-6-24(19-26)23-5-3-7-25(18-23)31-29(33)16-22-13-14-27(32)28(15-22)35-2/h3-15,18-19,32H,16-17H2,1-2H3,(H,31,33). The molecule has 4 aromatic rings. The minimum absolute atomic E-state index is 0.0254. The molecule has 0 bridgehead atoms. The summed E-state index contributed by atoms with van der Waals surface area (Å²) < 4.78 is 10.7. The molecule has 6 heteroatoms. The Balaban J connectivity index is 1.41. The first kappa shape index (κ1) is 24.5. The minimum Gasteiger partial charge on any atom is -0.504 e. The summed E-state index contributed by atoms with van der Waals surface area (Å²) in [7, 11) is 1.46. The van der Waals surface area contributed by atoms with Crippen LogP contribution in [0.25, 0.3) is 11.1 Å². The second-order valence-electron chi connectivity index (χ2n) is 8.48. The van der Waals surface area contributed by atoms with Gasteiger partial charge in [-0.2, -0.15) is 0 Å². The lowest BCUT2D eigenvalue weighted by Crippen LogP contribution is -2.14. The van der Waals surface area contributed by atoms with E-state index in [0.29, 0.717) is 17.2 Å². The molecule has 0 spiro atoms. The number of aryl methyl sites for hydroxylation is 1. The monoisotopic (exact) mass is 481 g/mol. The van der Waals surface area contributed by atoms with Crippen LogP contribution in [0.15, 0.2) is 91.0 Å². The Kier molecular flexibility index (Phi) is 7.66. The number of aromatic hydroxyl groups is 1. The lowest BCUT2D eigenvalue weighted by Gasteiger charge is -2.10. The van der Waals surface area contributed by atoms with Gasteiger partial charge in [-0.25, -0.2) is 0 Å². The van der Waals surface area contributed by atoms with Crippen LogP contribution in [0, 0.1) is 6.92 Å². The van der Waals surface area contributed by atoms with Crippen molar-refractivity contribution >= 4 is 17.6 Å². The molecule has 0 atom stereocenters. The number of anilines is 1. The summed E-state index contributed by atoms with van der Waals surface area (Å²) in [6.45, 7) is 2.00. The number of hydrogen-bond acceptors (Lipinski definition) is 5. The van der Waals surface area contributed by atoms with Crippen molar-refractivity contribution in [2.45, 2.75) is 19.8 Å². The molecule has 0 heterocycles. The van der Waals surface area contributed by atoms with Crippen LogP contribution in [0.4, 0.5) is 5.69 Å². The second-order valence-corrected chi connectivity index (χ2v) is 8.48. The summed E-state index contributed by atoms with van der Waals surface area (Å²) in [5.74, 6) is 0.279. The molecule has 4 aromatic carbocycles. The number of phenols is 1. The van der Waals surface area contributed by atoms with Crippen LogP contribution in [-0.4, -0.2) is 24.1 Å². The Labute approximate surface area is 210 Å². The first-order valence-electron chi connectivity index (χ1n) is 11.5. The van der Waals surface area contributed by atoms with Crippen molar-refractivity contribution in [1.82, 2.24) is 0 Å². The first-order chi connectivity index (χ1) is 17.4. The van der Waals surface area contributed by atoms with Crippen LogP contribution < -0.4 is 14.8 Å². The smallest absolute Gasteiger partial charge is 0.315 e. The van der Waals surface area contributed by atoms with E-state index in [-0.39, 0.29) is 30.5 Å². The fourth-order valence-electron chi connectivity index (χ4n) is 3.78. The van der Waals surface area contributed by atoms with E-state index < -0.39 is 0 Å². The van der Waals surface area contributed by atoms with Gasteiger partial charge in [-0.05, 0) is 65.6 Å². The van der Waals surface area contributed by atoms with Gasteiger partial charge in [-0.3, -0.25) is 9.59 Å². The molecule has 0 aliphatic carbocycles. The summed E-state index contributed by atoms with van der Waals surface area (Å²) >= 11 is 0. The van der Waals surface area contributed by atoms with Crippen LogP contribution in [0.2, 0.25) is 0 Å². The number of hydrogen-bond donors (Lipinski definition) is 2. The number of esters is 1. The summed E-state index contributed by atoms with van der Waals surface area (Å²) in [6.07, 6.45) is 0.326. The van der Waals surface area contributed by atoms with Crippen molar-refractivity contribution in [2.75, 3.05) is 12.4 Å². The highest BCUT2D eigenvalue weighted by molar-refractivity contribution is 5.93. The van der Waals surface area contributed by atoms with E-state index in [1.165, 1.54) is 13.2 Å². The van der Waals surface area contributed by atoms with Crippen LogP contribution in [-0.2, 0) is 22.4 Å². The maximum Gasteiger partial charge on any atom is 0.315 e. The van der Waals surface area contributed by atoms with Crippen molar-refractivity contribution in [3.8, 4) is 28.4 Å². The Hall–Kier alpha value is -4.58. The van der Waals surface area contributed by atoms with Crippen molar-refractivity contribution < 1.29 is 24.2 Å². The Bertz CT molecular complexity index is 1380. The quantitative estimate of drug-likeness (QED) is 0.249. The van der Waals surface area contributed by atoms with E-state index in [1.807, 2.05) is 67.6 Å². The van der Waals surface area contributed by atoms with Gasteiger partial charge in [0.2, 0.25) is 5.91 Å². The van der Waals surface area contributed by atoms with Crippen LogP contribution in [0.1, 0.15) is 16.7 Å². The highest BCUT2D eigenvalue weighted by atomic mass is 16.5. The third-order valence-electron chi connectivity index (χ3n) is 5.62. The minimum atomic E-state index is -0.331. The summed E-state index contributed by atoms with van der Waals surface area (Å²) in [6, 6.07) is 27.3. The SMILES string of the molecule is COc1cc(CC(=O)Nc2cccc(-c3cccc(OC(=O)Cc4ccc(C)cc4)c3)c2)ccc1O. The Morgan fingerprint density at radius 2 is 1.50 bits per heavy atom. The van der Waals surface area contributed by atoms with Gasteiger partial charge in [-0.15, -0.1) is 0 Å². The molecular weight excluding hydrogens is 454 g/mol. The number of carbonyl (C=O) groups excluding carboxylic acids is 2. The number of ether oxygens (including phenoxy) is 2. The third kappa shape index (κ3) is 6.51. The molecule has 182 valence electrons. The molecule has 0 aliphatic rings. The van der Waals surface area contributed by atoms with E-state index in [1.54, 1.807) is 24.3 Å². The maximum atomic E-state index is 12.6. The predicted octanol–water partition coefficient (Wildman–Crippen LogP) is 5.71. The number of nitrogens with one attached hydrogen (secondary N) is 1. The summed E-state index contributed by atoms with van der Waals surface area (Å²) in [4.78, 5) is 25.0. The van der Waals surface area contributed by atoms with Gasteiger partial charge >= 0.3 is 5.97 Å². The number of methoxy groups -OCH3 is 1. The molecule has 6 nitrogen and oxygen atoms in total. The molecule has 0 radical (unpaired) electrons. The predicted molar refractivity (Wildman–Crippen MR) is 139 cm³/mol. The van der Waals surface area contributed by atoms with Crippen molar-refractivity contribution in [3.63, 3.8) is 0 Å². The van der Waals surface area contributed by atoms with E-state index in [2.05, 4.69) is 5.32 Å². The lowest BCUT2D eigenvalue weighted by molar-refractivity contribution is -0.133. The van der Waals surface area contributed by atoms with Gasteiger partial charge in [0.05, 0.1) is 20.0 Å². The second kappa shape index (κ2) is 11.2. The Morgan fingerprint density at radius 3 is 2.25 bits per heavy atom. The fourth-order valence-corrected chi connectivity index (χ4v) is 3.78. The van der Waals surface area contributed by atoms with Gasteiger partial charge in [0, 0.05) is 5.69 Å². The fraction of sp³-hybridized carbons (Fsp3) is 0.133. The van der Waals surface area contributed by atoms with E-state index >= 15 is 0 Å². The van der Waals surface area contributed by atoms with Gasteiger partial charge in [0.1, 0.15) is 5.75 Å². The highest BCUT2D eigenvalue weighted by Crippen LogP contribution is 2.28. The number of carbonyl (C=O) groups is 2. The molecular formula is C30H27NO5. The van der Waals surface area contributed by atoms with Gasteiger partial charge < -0.3 is 19.9 Å². The van der Waals surface area contributed by atoms with Crippen LogP contribution >= 0.6 is 0 Å². The molecule has 0 saturated carbocycles. The zero-order valence-corrected chi connectivity index (χ0v) is 20.2. The van der Waals surface area contributed by atoms with Crippen LogP contribution in [0.3, 0.4) is 0 Å². The molecule has 0 aromatic heterocycles. The van der Waals surface area contributed by atoms with Gasteiger partial charge in [0.15, 0.2) is 11.5 Å². The average Bonchev–Trinajstić information content (AvgIpc) is 2.87. The number of amides is 1. The average molecular weight is 482 g/mol. The van der Waals surface area contributed by atoms with Gasteiger partial charge in [-0.1, -0.05) is 60.2 Å². The number of benzene rings is 4. The topological polar surface area (TPSA) is 84.9 Å². The van der Waals surface area contributed by atoms with Crippen molar-refractivity contribution in [1.29, 1.82) is 0 Å². The zero-order chi connectivity index (χ0) is 25.5. The van der Waals surface area contributed by atoms with Gasteiger partial charge in [0.25, 0.3) is 0 Å². The number of rotatable bonds is 8. The van der Waals surface area contributed by atoms with E-state index in [4.69, 9.17) is 9.47 Å². The van der Waals surface area contributed by atoms with E-state index in [9.17, 15) is 14.7 Å². The van der Waals surface area contributed by atoms with Crippen molar-refractivity contribution in [2.24, 2.45) is 0 Å². The third-order valence-corrected chi connectivity index (χ3v) is 5.62. The zero-order valence-electron chi connectivity index (χ0n) is 20.2. The highest BCUT2D eigenvalue weighted by Gasteiger charge is 2.10. The largest absolute Gasteiger partial charge is 0.504 e. The van der Waals surface area contributed by atoms with Crippen LogP contribution in [0.5, 0.6) is 17.2 Å². The molecule has 2 N–H and O–H groups in total. The molecule has 0 fully saturated rings. The molecule has 0 unspecified atom stereocenters. The maximum absolute atomic E-state index is 12.6. The molecule has 0 saturated heterocycles. The Morgan fingerprint density at radius 1 is 0.806 bits per heavy atom. The molecule has 1 amide bonds. The summed E-state index contributed by atoms with van der Waals surface area (Å²) in [5, 5.41) is 12.6. The molecule has 0 aliphatic heterocycles. The lowest BCUT2D eigenvalue weighted by atomic mass is 10.0. The normalized spacial score (nSPS) is 10.5. The first-order valence-corrected chi connectivity index (χ1v) is 11.5.